The Balaban J connectivity index is 1.76. The SMILES string of the molecule is CCOc1ccc(S(=O)(=O)N2CCC3CCC(C2)N3)c2ccccc12. The van der Waals surface area contributed by atoms with Crippen LogP contribution in [0.15, 0.2) is 41.3 Å². The maximum atomic E-state index is 13.4. The normalized spacial score (nSPS) is 24.4. The van der Waals surface area contributed by atoms with Crippen molar-refractivity contribution in [3.63, 3.8) is 0 Å². The van der Waals surface area contributed by atoms with Crippen LogP contribution in [0.4, 0.5) is 0 Å². The van der Waals surface area contributed by atoms with E-state index in [-0.39, 0.29) is 6.04 Å². The monoisotopic (exact) mass is 360 g/mol. The van der Waals surface area contributed by atoms with Gasteiger partial charge in [0.05, 0.1) is 11.5 Å². The van der Waals surface area contributed by atoms with Gasteiger partial charge in [0.1, 0.15) is 5.75 Å². The molecule has 2 aromatic carbocycles. The molecule has 4 rings (SSSR count). The van der Waals surface area contributed by atoms with E-state index in [2.05, 4.69) is 5.32 Å². The summed E-state index contributed by atoms with van der Waals surface area (Å²) in [4.78, 5) is 0.379. The third kappa shape index (κ3) is 3.03. The van der Waals surface area contributed by atoms with Gasteiger partial charge >= 0.3 is 0 Å². The summed E-state index contributed by atoms with van der Waals surface area (Å²) in [6.45, 7) is 3.62. The number of sulfonamides is 1. The molecule has 0 aliphatic carbocycles. The summed E-state index contributed by atoms with van der Waals surface area (Å²) < 4.78 is 34.0. The van der Waals surface area contributed by atoms with Crippen LogP contribution in [-0.2, 0) is 10.0 Å². The van der Waals surface area contributed by atoms with Crippen LogP contribution in [0.2, 0.25) is 0 Å². The minimum atomic E-state index is -3.53. The molecule has 5 nitrogen and oxygen atoms in total. The van der Waals surface area contributed by atoms with E-state index in [1.165, 1.54) is 0 Å². The average molecular weight is 360 g/mol. The smallest absolute Gasteiger partial charge is 0.243 e. The van der Waals surface area contributed by atoms with Gasteiger partial charge in [-0.15, -0.1) is 0 Å². The molecule has 134 valence electrons. The van der Waals surface area contributed by atoms with Gasteiger partial charge in [-0.1, -0.05) is 24.3 Å². The van der Waals surface area contributed by atoms with Crippen molar-refractivity contribution in [2.45, 2.75) is 43.2 Å². The van der Waals surface area contributed by atoms with Crippen LogP contribution in [0, 0.1) is 0 Å². The van der Waals surface area contributed by atoms with Gasteiger partial charge in [0, 0.05) is 35.9 Å². The van der Waals surface area contributed by atoms with Gasteiger partial charge < -0.3 is 10.1 Å². The predicted molar refractivity (Wildman–Crippen MR) is 98.4 cm³/mol. The van der Waals surface area contributed by atoms with E-state index < -0.39 is 10.0 Å². The Labute approximate surface area is 149 Å². The lowest BCUT2D eigenvalue weighted by atomic mass is 10.1. The Bertz CT molecular complexity index is 881. The molecule has 2 aliphatic rings. The largest absolute Gasteiger partial charge is 0.493 e. The zero-order chi connectivity index (χ0) is 17.4. The Morgan fingerprint density at radius 2 is 1.84 bits per heavy atom. The number of nitrogens with zero attached hydrogens (tertiary/aromatic N) is 1. The second kappa shape index (κ2) is 6.59. The minimum Gasteiger partial charge on any atom is -0.493 e. The molecule has 2 fully saturated rings. The molecular weight excluding hydrogens is 336 g/mol. The quantitative estimate of drug-likeness (QED) is 0.911. The van der Waals surface area contributed by atoms with Crippen LogP contribution in [-0.4, -0.2) is 44.5 Å². The zero-order valence-corrected chi connectivity index (χ0v) is 15.3. The average Bonchev–Trinajstić information content (AvgIpc) is 2.93. The van der Waals surface area contributed by atoms with Gasteiger partial charge in [-0.3, -0.25) is 0 Å². The first kappa shape index (κ1) is 16.8. The summed E-state index contributed by atoms with van der Waals surface area (Å²) in [5.74, 6) is 0.730. The van der Waals surface area contributed by atoms with Crippen LogP contribution in [0.5, 0.6) is 5.75 Å². The van der Waals surface area contributed by atoms with E-state index >= 15 is 0 Å². The summed E-state index contributed by atoms with van der Waals surface area (Å²) in [7, 11) is -3.53. The van der Waals surface area contributed by atoms with Gasteiger partial charge in [0.25, 0.3) is 0 Å². The number of ether oxygens (including phenoxy) is 1. The summed E-state index contributed by atoms with van der Waals surface area (Å²) in [6.07, 6.45) is 3.09. The van der Waals surface area contributed by atoms with Gasteiger partial charge in [0.2, 0.25) is 10.0 Å². The van der Waals surface area contributed by atoms with Crippen molar-refractivity contribution < 1.29 is 13.2 Å². The van der Waals surface area contributed by atoms with Crippen LogP contribution in [0.25, 0.3) is 10.8 Å². The highest BCUT2D eigenvalue weighted by molar-refractivity contribution is 7.89. The van der Waals surface area contributed by atoms with E-state index in [1.54, 1.807) is 16.4 Å². The molecule has 2 unspecified atom stereocenters. The Hall–Kier alpha value is -1.63. The summed E-state index contributed by atoms with van der Waals surface area (Å²) in [5, 5.41) is 5.12. The molecular formula is C19H24N2O3S. The van der Waals surface area contributed by atoms with Crippen LogP contribution in [0.1, 0.15) is 26.2 Å². The fraction of sp³-hybridized carbons (Fsp3) is 0.474. The second-order valence-electron chi connectivity index (χ2n) is 6.83. The first-order valence-corrected chi connectivity index (χ1v) is 10.4. The van der Waals surface area contributed by atoms with E-state index in [1.807, 2.05) is 31.2 Å². The lowest BCUT2D eigenvalue weighted by Gasteiger charge is -2.24. The Kier molecular flexibility index (Phi) is 4.43. The number of rotatable bonds is 4. The lowest BCUT2D eigenvalue weighted by molar-refractivity contribution is 0.344. The molecule has 2 aromatic rings. The first-order chi connectivity index (χ1) is 12.1. The summed E-state index contributed by atoms with van der Waals surface area (Å²) in [5.41, 5.74) is 0. The molecule has 25 heavy (non-hydrogen) atoms. The van der Waals surface area contributed by atoms with Crippen LogP contribution in [0.3, 0.4) is 0 Å². The van der Waals surface area contributed by atoms with Gasteiger partial charge in [-0.25, -0.2) is 8.42 Å². The molecule has 2 saturated heterocycles. The lowest BCUT2D eigenvalue weighted by Crippen LogP contribution is -2.39. The fourth-order valence-corrected chi connectivity index (χ4v) is 5.71. The third-order valence-electron chi connectivity index (χ3n) is 5.25. The molecule has 2 aliphatic heterocycles. The highest BCUT2D eigenvalue weighted by Crippen LogP contribution is 2.33. The Morgan fingerprint density at radius 3 is 2.64 bits per heavy atom. The van der Waals surface area contributed by atoms with Crippen LogP contribution < -0.4 is 10.1 Å². The molecule has 0 saturated carbocycles. The third-order valence-corrected chi connectivity index (χ3v) is 7.17. The van der Waals surface area contributed by atoms with Crippen molar-refractivity contribution >= 4 is 20.8 Å². The molecule has 6 heteroatoms. The zero-order valence-electron chi connectivity index (χ0n) is 14.4. The maximum Gasteiger partial charge on any atom is 0.243 e. The van der Waals surface area contributed by atoms with Crippen molar-refractivity contribution in [2.24, 2.45) is 0 Å². The van der Waals surface area contributed by atoms with Gasteiger partial charge in [0.15, 0.2) is 0 Å². The first-order valence-electron chi connectivity index (χ1n) is 9.00. The maximum absolute atomic E-state index is 13.4. The van der Waals surface area contributed by atoms with E-state index in [9.17, 15) is 8.42 Å². The van der Waals surface area contributed by atoms with E-state index in [4.69, 9.17) is 4.74 Å². The molecule has 0 radical (unpaired) electrons. The molecule has 0 aromatic heterocycles. The topological polar surface area (TPSA) is 58.6 Å². The van der Waals surface area contributed by atoms with Gasteiger partial charge in [-0.05, 0) is 38.3 Å². The highest BCUT2D eigenvalue weighted by Gasteiger charge is 2.35. The molecule has 0 spiro atoms. The number of benzene rings is 2. The molecule has 1 N–H and O–H groups in total. The molecule has 2 atom stereocenters. The number of fused-ring (bicyclic) bond motifs is 3. The van der Waals surface area contributed by atoms with Crippen molar-refractivity contribution in [3.05, 3.63) is 36.4 Å². The van der Waals surface area contributed by atoms with E-state index in [0.29, 0.717) is 30.6 Å². The van der Waals surface area contributed by atoms with Crippen LogP contribution >= 0.6 is 0 Å². The Morgan fingerprint density at radius 1 is 1.08 bits per heavy atom. The fourth-order valence-electron chi connectivity index (χ4n) is 4.02. The predicted octanol–water partition coefficient (Wildman–Crippen LogP) is 2.75. The number of hydrogen-bond acceptors (Lipinski definition) is 4. The van der Waals surface area contributed by atoms with Crippen molar-refractivity contribution in [2.75, 3.05) is 19.7 Å². The standard InChI is InChI=1S/C19H24N2O3S/c1-2-24-18-9-10-19(17-6-4-3-5-16(17)18)25(22,23)21-12-11-14-7-8-15(13-21)20-14/h3-6,9-10,14-15,20H,2,7-8,11-13H2,1H3. The number of hydrogen-bond donors (Lipinski definition) is 1. The van der Waals surface area contributed by atoms with Crippen molar-refractivity contribution in [1.82, 2.24) is 9.62 Å². The molecule has 2 bridgehead atoms. The van der Waals surface area contributed by atoms with Crippen molar-refractivity contribution in [1.29, 1.82) is 0 Å². The number of nitrogens with one attached hydrogen (secondary N) is 1. The summed E-state index contributed by atoms with van der Waals surface area (Å²) >= 11 is 0. The highest BCUT2D eigenvalue weighted by atomic mass is 32.2. The van der Waals surface area contributed by atoms with E-state index in [0.717, 1.165) is 35.8 Å². The summed E-state index contributed by atoms with van der Waals surface area (Å²) in [6, 6.07) is 11.8. The molecule has 0 amide bonds. The molecule has 2 heterocycles. The minimum absolute atomic E-state index is 0.274. The van der Waals surface area contributed by atoms with Gasteiger partial charge in [-0.2, -0.15) is 4.31 Å². The second-order valence-corrected chi connectivity index (χ2v) is 8.74. The van der Waals surface area contributed by atoms with Crippen molar-refractivity contribution in [3.8, 4) is 5.75 Å².